The van der Waals surface area contributed by atoms with Crippen molar-refractivity contribution in [2.45, 2.75) is 52.2 Å². The van der Waals surface area contributed by atoms with Gasteiger partial charge in [-0.25, -0.2) is 15.0 Å². The van der Waals surface area contributed by atoms with Crippen LogP contribution in [-0.2, 0) is 16.1 Å². The Labute approximate surface area is 232 Å². The fourth-order valence-corrected chi connectivity index (χ4v) is 5.74. The Morgan fingerprint density at radius 1 is 1.13 bits per heavy atom. The number of nitrogens with one attached hydrogen (secondary N) is 1. The smallest absolute Gasteiger partial charge is 0.248 e. The summed E-state index contributed by atoms with van der Waals surface area (Å²) in [6, 6.07) is 6.38. The number of aromatic nitrogens is 6. The van der Waals surface area contributed by atoms with Gasteiger partial charge >= 0.3 is 0 Å². The lowest BCUT2D eigenvalue weighted by atomic mass is 10.0. The van der Waals surface area contributed by atoms with E-state index in [1.807, 2.05) is 0 Å². The average molecular weight is 589 g/mol. The molecule has 4 aromatic heterocycles. The molecule has 11 nitrogen and oxygen atoms in total. The van der Waals surface area contributed by atoms with E-state index in [-0.39, 0.29) is 41.3 Å². The second kappa shape index (κ2) is 9.30. The molecule has 3 atom stereocenters. The zero-order valence-electron chi connectivity index (χ0n) is 21.6. The molecule has 4 aromatic rings. The topological polar surface area (TPSA) is 136 Å². The number of amides is 2. The van der Waals surface area contributed by atoms with E-state index in [0.717, 1.165) is 6.42 Å². The standard InChI is InChI=1S/C27H25BrN8O3/c1-14(37)25-17-7-18(16-10-29-15(2)30-11-16)31-12-20(17)35(34-25)13-24(38)36-19(8-27(3)9-21(27)36)26(39)33-23-6-4-5-22(28)32-23/h4-7,10-12,19,21H,8-9,13H2,1-3H3,(H,32,33,39)/t19-,21+,27-/m0/s1. The number of likely N-dealkylation sites (tertiary alicyclic amines) is 1. The summed E-state index contributed by atoms with van der Waals surface area (Å²) in [5, 5.41) is 7.92. The number of piperidine rings is 1. The molecular weight excluding hydrogens is 564 g/mol. The number of Topliss-reactive ketones (excluding diaryl/α,β-unsaturated/α-hetero) is 1. The second-order valence-corrected chi connectivity index (χ2v) is 11.2. The summed E-state index contributed by atoms with van der Waals surface area (Å²) in [6.07, 6.45) is 6.37. The van der Waals surface area contributed by atoms with Crippen molar-refractivity contribution in [2.75, 3.05) is 5.32 Å². The molecule has 6 rings (SSSR count). The second-order valence-electron chi connectivity index (χ2n) is 10.4. The van der Waals surface area contributed by atoms with Crippen molar-refractivity contribution < 1.29 is 14.4 Å². The van der Waals surface area contributed by atoms with Crippen LogP contribution < -0.4 is 5.32 Å². The van der Waals surface area contributed by atoms with Crippen LogP contribution in [0.25, 0.3) is 22.2 Å². The van der Waals surface area contributed by atoms with Crippen molar-refractivity contribution in [1.29, 1.82) is 0 Å². The first-order valence-electron chi connectivity index (χ1n) is 12.5. The molecule has 12 heteroatoms. The van der Waals surface area contributed by atoms with E-state index in [1.54, 1.807) is 54.7 Å². The molecule has 198 valence electrons. The van der Waals surface area contributed by atoms with E-state index in [1.165, 1.54) is 11.6 Å². The molecular formula is C27H25BrN8O3. The number of nitrogens with zero attached hydrogens (tertiary/aromatic N) is 7. The summed E-state index contributed by atoms with van der Waals surface area (Å²) in [6.45, 7) is 5.21. The lowest BCUT2D eigenvalue weighted by molar-refractivity contribution is -0.138. The molecule has 1 aliphatic heterocycles. The van der Waals surface area contributed by atoms with Crippen molar-refractivity contribution in [3.8, 4) is 11.3 Å². The van der Waals surface area contributed by atoms with Gasteiger partial charge < -0.3 is 10.2 Å². The van der Waals surface area contributed by atoms with E-state index >= 15 is 0 Å². The number of fused-ring (bicyclic) bond motifs is 2. The van der Waals surface area contributed by atoms with E-state index < -0.39 is 6.04 Å². The minimum atomic E-state index is -0.623. The molecule has 0 aromatic carbocycles. The van der Waals surface area contributed by atoms with Gasteiger partial charge in [0.25, 0.3) is 0 Å². The molecule has 1 saturated carbocycles. The highest BCUT2D eigenvalue weighted by Gasteiger charge is 2.64. The maximum Gasteiger partial charge on any atom is 0.248 e. The van der Waals surface area contributed by atoms with Crippen LogP contribution in [0.4, 0.5) is 5.82 Å². The van der Waals surface area contributed by atoms with Gasteiger partial charge in [0.1, 0.15) is 34.5 Å². The highest BCUT2D eigenvalue weighted by molar-refractivity contribution is 9.10. The number of carbonyl (C=O) groups is 3. The van der Waals surface area contributed by atoms with Gasteiger partial charge in [0.05, 0.1) is 17.4 Å². The third kappa shape index (κ3) is 4.58. The predicted molar refractivity (Wildman–Crippen MR) is 146 cm³/mol. The number of rotatable bonds is 6. The number of hydrogen-bond acceptors (Lipinski definition) is 8. The van der Waals surface area contributed by atoms with E-state index in [0.29, 0.717) is 44.8 Å². The normalized spacial score (nSPS) is 21.6. The Balaban J connectivity index is 1.29. The first-order chi connectivity index (χ1) is 18.6. The molecule has 0 unspecified atom stereocenters. The highest BCUT2D eigenvalue weighted by atomic mass is 79.9. The summed E-state index contributed by atoms with van der Waals surface area (Å²) >= 11 is 3.31. The average Bonchev–Trinajstić information content (AvgIpc) is 3.26. The Morgan fingerprint density at radius 3 is 2.62 bits per heavy atom. The van der Waals surface area contributed by atoms with Crippen LogP contribution in [0.3, 0.4) is 0 Å². The minimum Gasteiger partial charge on any atom is -0.325 e. The lowest BCUT2D eigenvalue weighted by Crippen LogP contribution is -2.46. The van der Waals surface area contributed by atoms with Crippen molar-refractivity contribution in [3.05, 3.63) is 59.0 Å². The minimum absolute atomic E-state index is 0.0170. The van der Waals surface area contributed by atoms with Crippen LogP contribution in [0.2, 0.25) is 0 Å². The van der Waals surface area contributed by atoms with Crippen molar-refractivity contribution in [1.82, 2.24) is 34.6 Å². The molecule has 2 aliphatic rings. The van der Waals surface area contributed by atoms with Gasteiger partial charge in [0, 0.05) is 36.3 Å². The number of halogens is 1. The van der Waals surface area contributed by atoms with Gasteiger partial charge in [-0.1, -0.05) is 13.0 Å². The third-order valence-electron chi connectivity index (χ3n) is 7.52. The zero-order valence-corrected chi connectivity index (χ0v) is 23.1. The van der Waals surface area contributed by atoms with Crippen molar-refractivity contribution >= 4 is 50.2 Å². The van der Waals surface area contributed by atoms with Gasteiger partial charge in [0.15, 0.2) is 5.78 Å². The number of aryl methyl sites for hydroxylation is 1. The molecule has 1 saturated heterocycles. The van der Waals surface area contributed by atoms with Gasteiger partial charge in [-0.3, -0.25) is 24.0 Å². The number of ketones is 1. The Kier molecular flexibility index (Phi) is 6.01. The molecule has 2 fully saturated rings. The van der Waals surface area contributed by atoms with Crippen LogP contribution in [0.5, 0.6) is 0 Å². The predicted octanol–water partition coefficient (Wildman–Crippen LogP) is 3.58. The van der Waals surface area contributed by atoms with E-state index in [9.17, 15) is 14.4 Å². The molecule has 1 aliphatic carbocycles. The first-order valence-corrected chi connectivity index (χ1v) is 13.3. The van der Waals surface area contributed by atoms with Crippen LogP contribution >= 0.6 is 15.9 Å². The SMILES string of the molecule is CC(=O)c1nn(CC(=O)N2[C@H](C(=O)Nc3cccc(Br)n3)C[C@@]3(C)C[C@@H]23)c2cnc(-c3cnc(C)nc3)cc12. The molecule has 5 heterocycles. The number of pyridine rings is 2. The van der Waals surface area contributed by atoms with Gasteiger partial charge in [0.2, 0.25) is 11.8 Å². The Morgan fingerprint density at radius 2 is 1.90 bits per heavy atom. The monoisotopic (exact) mass is 588 g/mol. The van der Waals surface area contributed by atoms with Crippen LogP contribution in [0.1, 0.15) is 43.0 Å². The summed E-state index contributed by atoms with van der Waals surface area (Å²) in [7, 11) is 0. The molecule has 39 heavy (non-hydrogen) atoms. The van der Waals surface area contributed by atoms with Crippen molar-refractivity contribution in [3.63, 3.8) is 0 Å². The fraction of sp³-hybridized carbons (Fsp3) is 0.333. The maximum atomic E-state index is 13.7. The highest BCUT2D eigenvalue weighted by Crippen LogP contribution is 2.59. The van der Waals surface area contributed by atoms with Crippen LogP contribution in [0.15, 0.2) is 47.5 Å². The largest absolute Gasteiger partial charge is 0.325 e. The van der Waals surface area contributed by atoms with E-state index in [4.69, 9.17) is 0 Å². The molecule has 0 radical (unpaired) electrons. The fourth-order valence-electron chi connectivity index (χ4n) is 5.39. The van der Waals surface area contributed by atoms with Crippen LogP contribution in [0, 0.1) is 12.3 Å². The van der Waals surface area contributed by atoms with E-state index in [2.05, 4.69) is 53.2 Å². The molecule has 1 N–H and O–H groups in total. The summed E-state index contributed by atoms with van der Waals surface area (Å²) in [5.74, 6) is 0.322. The summed E-state index contributed by atoms with van der Waals surface area (Å²) < 4.78 is 2.10. The summed E-state index contributed by atoms with van der Waals surface area (Å²) in [4.78, 5) is 58.3. The van der Waals surface area contributed by atoms with Crippen LogP contribution in [-0.4, -0.2) is 64.3 Å². The first kappa shape index (κ1) is 25.2. The Hall–Kier alpha value is -4.06. The van der Waals surface area contributed by atoms with Gasteiger partial charge in [-0.05, 0) is 59.3 Å². The number of anilines is 1. The van der Waals surface area contributed by atoms with Crippen molar-refractivity contribution in [2.24, 2.45) is 5.41 Å². The summed E-state index contributed by atoms with van der Waals surface area (Å²) in [5.41, 5.74) is 2.03. The molecule has 0 spiro atoms. The maximum absolute atomic E-state index is 13.7. The lowest BCUT2D eigenvalue weighted by Gasteiger charge is -2.26. The van der Waals surface area contributed by atoms with Gasteiger partial charge in [-0.15, -0.1) is 0 Å². The zero-order chi connectivity index (χ0) is 27.5. The van der Waals surface area contributed by atoms with Gasteiger partial charge in [-0.2, -0.15) is 5.10 Å². The molecule has 0 bridgehead atoms. The number of hydrogen-bond donors (Lipinski definition) is 1. The Bertz CT molecular complexity index is 1650. The quantitative estimate of drug-likeness (QED) is 0.266. The molecule has 2 amide bonds. The number of carbonyl (C=O) groups excluding carboxylic acids is 3. The third-order valence-corrected chi connectivity index (χ3v) is 7.97.